The molecule has 1 unspecified atom stereocenters. The van der Waals surface area contributed by atoms with Gasteiger partial charge in [0.15, 0.2) is 6.10 Å². The quantitative estimate of drug-likeness (QED) is 0.419. The van der Waals surface area contributed by atoms with E-state index in [0.29, 0.717) is 0 Å². The maximum absolute atomic E-state index is 12.8. The Morgan fingerprint density at radius 1 is 0.969 bits per heavy atom. The number of aromatic amines is 1. The molecule has 2 amide bonds. The lowest BCUT2D eigenvalue weighted by Crippen LogP contribution is -2.36. The minimum absolute atomic E-state index is 0.306. The largest absolute Gasteiger partial charge is 0.382 e. The molecule has 0 fully saturated rings. The van der Waals surface area contributed by atoms with Crippen LogP contribution in [0.15, 0.2) is 71.7 Å². The number of amides is 2. The van der Waals surface area contributed by atoms with Gasteiger partial charge in [0.1, 0.15) is 5.56 Å². The molecule has 0 saturated carbocycles. The third-order valence-electron chi connectivity index (χ3n) is 4.39. The smallest absolute Gasteiger partial charge is 0.360 e. The lowest BCUT2D eigenvalue weighted by Gasteiger charge is -2.19. The molecular weight excluding hydrogens is 416 g/mol. The summed E-state index contributed by atoms with van der Waals surface area (Å²) in [7, 11) is 0. The Balaban J connectivity index is 1.78. The number of carbonyl (C=O) groups is 3. The van der Waals surface area contributed by atoms with Crippen molar-refractivity contribution in [3.63, 3.8) is 0 Å². The minimum Gasteiger partial charge on any atom is -0.382 e. The maximum Gasteiger partial charge on any atom is 0.360 e. The van der Waals surface area contributed by atoms with Crippen LogP contribution in [0.25, 0.3) is 0 Å². The molecule has 10 nitrogen and oxygen atoms in total. The van der Waals surface area contributed by atoms with Crippen LogP contribution in [0.4, 0.5) is 0 Å². The zero-order chi connectivity index (χ0) is 23.1. The third-order valence-corrected chi connectivity index (χ3v) is 4.39. The van der Waals surface area contributed by atoms with Gasteiger partial charge in [0.05, 0.1) is 6.04 Å². The monoisotopic (exact) mass is 436 g/mol. The van der Waals surface area contributed by atoms with Crippen LogP contribution < -0.4 is 16.4 Å². The van der Waals surface area contributed by atoms with Crippen LogP contribution in [-0.2, 0) is 9.63 Å². The molecule has 0 radical (unpaired) electrons. The third kappa shape index (κ3) is 5.43. The maximum atomic E-state index is 12.8. The number of hydrogen-bond donors (Lipinski definition) is 4. The number of nitrogens with one attached hydrogen (secondary N) is 3. The Labute approximate surface area is 182 Å². The molecule has 0 spiro atoms. The summed E-state index contributed by atoms with van der Waals surface area (Å²) in [5.41, 5.74) is 2.21. The Hall–Kier alpha value is -4.31. The first kappa shape index (κ1) is 22.4. The van der Waals surface area contributed by atoms with Gasteiger partial charge in [-0.3, -0.25) is 14.4 Å². The average Bonchev–Trinajstić information content (AvgIpc) is 2.81. The van der Waals surface area contributed by atoms with E-state index >= 15 is 0 Å². The Morgan fingerprint density at radius 2 is 1.53 bits per heavy atom. The van der Waals surface area contributed by atoms with Crippen LogP contribution in [0.1, 0.15) is 45.1 Å². The van der Waals surface area contributed by atoms with E-state index in [1.54, 1.807) is 5.48 Å². The van der Waals surface area contributed by atoms with Gasteiger partial charge in [-0.05, 0) is 18.1 Å². The molecule has 2 aromatic carbocycles. The van der Waals surface area contributed by atoms with Gasteiger partial charge in [-0.1, -0.05) is 60.7 Å². The highest BCUT2D eigenvalue weighted by molar-refractivity contribution is 5.95. The summed E-state index contributed by atoms with van der Waals surface area (Å²) in [6.45, 7) is 1.15. The molecule has 1 atom stereocenters. The average molecular weight is 436 g/mol. The summed E-state index contributed by atoms with van der Waals surface area (Å²) in [5.74, 6) is -3.30. The highest BCUT2D eigenvalue weighted by Gasteiger charge is 2.21. The first-order valence-electron chi connectivity index (χ1n) is 9.56. The van der Waals surface area contributed by atoms with E-state index in [0.717, 1.165) is 24.2 Å². The van der Waals surface area contributed by atoms with Crippen molar-refractivity contribution in [2.45, 2.75) is 19.1 Å². The molecule has 0 aliphatic heterocycles. The summed E-state index contributed by atoms with van der Waals surface area (Å²) in [6.07, 6.45) is -0.498. The lowest BCUT2D eigenvalue weighted by molar-refractivity contribution is -0.158. The molecule has 3 aromatic rings. The van der Waals surface area contributed by atoms with Crippen LogP contribution in [0, 0.1) is 0 Å². The Kier molecular flexibility index (Phi) is 7.09. The van der Waals surface area contributed by atoms with Crippen LogP contribution in [0.2, 0.25) is 0 Å². The van der Waals surface area contributed by atoms with Gasteiger partial charge >= 0.3 is 11.9 Å². The minimum atomic E-state index is -1.45. The second kappa shape index (κ2) is 10.1. The fourth-order valence-electron chi connectivity index (χ4n) is 2.76. The highest BCUT2D eigenvalue weighted by Crippen LogP contribution is 2.22. The summed E-state index contributed by atoms with van der Waals surface area (Å²) in [6, 6.07) is 17.9. The molecule has 4 N–H and O–H groups in total. The number of carbonyl (C=O) groups excluding carboxylic acids is 3. The lowest BCUT2D eigenvalue weighted by atomic mass is 9.98. The van der Waals surface area contributed by atoms with Crippen molar-refractivity contribution in [1.82, 2.24) is 20.8 Å². The molecule has 32 heavy (non-hydrogen) atoms. The topological polar surface area (TPSA) is 150 Å². The molecular formula is C22H20N4O6. The van der Waals surface area contributed by atoms with Gasteiger partial charge in [0, 0.05) is 6.20 Å². The summed E-state index contributed by atoms with van der Waals surface area (Å²) in [4.78, 5) is 58.7. The molecule has 0 aliphatic carbocycles. The van der Waals surface area contributed by atoms with Crippen molar-refractivity contribution < 1.29 is 24.3 Å². The van der Waals surface area contributed by atoms with Crippen molar-refractivity contribution in [3.05, 3.63) is 99.7 Å². The number of aliphatic hydroxyl groups excluding tert-OH is 1. The van der Waals surface area contributed by atoms with Crippen molar-refractivity contribution in [2.75, 3.05) is 0 Å². The molecule has 1 heterocycles. The van der Waals surface area contributed by atoms with Crippen molar-refractivity contribution >= 4 is 17.8 Å². The number of benzene rings is 2. The van der Waals surface area contributed by atoms with Crippen molar-refractivity contribution in [2.24, 2.45) is 0 Å². The van der Waals surface area contributed by atoms with Gasteiger partial charge < -0.3 is 20.2 Å². The van der Waals surface area contributed by atoms with Gasteiger partial charge in [0.2, 0.25) is 5.82 Å². The van der Waals surface area contributed by atoms with E-state index in [1.807, 2.05) is 60.7 Å². The predicted octanol–water partition coefficient (Wildman–Crippen LogP) is 0.858. The standard InChI is InChI=1S/C22H20N4O6/c1-13(27)22(31)32-26-21(30)18-23-12-16(20(29)25-18)19(28)24-17(14-8-4-2-5-9-14)15-10-6-3-7-11-15/h2-13,17,27H,1H3,(H,24,28)(H,26,30)(H,23,25,29). The molecule has 0 aliphatic rings. The summed E-state index contributed by atoms with van der Waals surface area (Å²) < 4.78 is 0. The summed E-state index contributed by atoms with van der Waals surface area (Å²) in [5, 5.41) is 11.9. The number of rotatable bonds is 6. The molecule has 0 saturated heterocycles. The van der Waals surface area contributed by atoms with Crippen LogP contribution in [-0.4, -0.2) is 39.0 Å². The van der Waals surface area contributed by atoms with E-state index < -0.39 is 41.3 Å². The zero-order valence-electron chi connectivity index (χ0n) is 16.9. The highest BCUT2D eigenvalue weighted by atomic mass is 16.7. The number of H-pyrrole nitrogens is 1. The van der Waals surface area contributed by atoms with Crippen LogP contribution in [0.5, 0.6) is 0 Å². The van der Waals surface area contributed by atoms with E-state index in [4.69, 9.17) is 5.11 Å². The Morgan fingerprint density at radius 3 is 2.03 bits per heavy atom. The fraction of sp³-hybridized carbons (Fsp3) is 0.136. The van der Waals surface area contributed by atoms with E-state index in [-0.39, 0.29) is 5.56 Å². The number of aromatic nitrogens is 2. The van der Waals surface area contributed by atoms with Gasteiger partial charge in [-0.2, -0.15) is 5.48 Å². The summed E-state index contributed by atoms with van der Waals surface area (Å²) >= 11 is 0. The number of nitrogens with zero attached hydrogens (tertiary/aromatic N) is 1. The normalized spacial score (nSPS) is 11.5. The molecule has 0 bridgehead atoms. The first-order chi connectivity index (χ1) is 15.4. The van der Waals surface area contributed by atoms with Crippen LogP contribution >= 0.6 is 0 Å². The molecule has 164 valence electrons. The molecule has 1 aromatic heterocycles. The number of aliphatic hydroxyl groups is 1. The Bertz CT molecular complexity index is 1120. The van der Waals surface area contributed by atoms with Crippen molar-refractivity contribution in [3.8, 4) is 0 Å². The van der Waals surface area contributed by atoms with Gasteiger partial charge in [-0.25, -0.2) is 9.78 Å². The van der Waals surface area contributed by atoms with Crippen LogP contribution in [0.3, 0.4) is 0 Å². The zero-order valence-corrected chi connectivity index (χ0v) is 16.9. The molecule has 3 rings (SSSR count). The molecule has 10 heteroatoms. The second-order valence-electron chi connectivity index (χ2n) is 6.73. The second-order valence-corrected chi connectivity index (χ2v) is 6.73. The van der Waals surface area contributed by atoms with E-state index in [2.05, 4.69) is 20.1 Å². The van der Waals surface area contributed by atoms with Crippen molar-refractivity contribution in [1.29, 1.82) is 0 Å². The van der Waals surface area contributed by atoms with Gasteiger partial charge in [-0.15, -0.1) is 0 Å². The van der Waals surface area contributed by atoms with Gasteiger partial charge in [0.25, 0.3) is 11.5 Å². The number of hydroxylamine groups is 1. The fourth-order valence-corrected chi connectivity index (χ4v) is 2.76. The first-order valence-corrected chi connectivity index (χ1v) is 9.56. The SMILES string of the molecule is CC(O)C(=O)ONC(=O)c1ncc(C(=O)NC(c2ccccc2)c2ccccc2)c(=O)[nH]1. The van der Waals surface area contributed by atoms with E-state index in [1.165, 1.54) is 0 Å². The predicted molar refractivity (Wildman–Crippen MR) is 112 cm³/mol. The number of hydrogen-bond acceptors (Lipinski definition) is 7. The van der Waals surface area contributed by atoms with E-state index in [9.17, 15) is 19.2 Å².